The number of carbonyl (C=O) groups excluding carboxylic acids is 1. The van der Waals surface area contributed by atoms with Crippen molar-refractivity contribution in [3.05, 3.63) is 34.4 Å². The number of rotatable bonds is 3. The third-order valence-corrected chi connectivity index (χ3v) is 9.45. The molecular formula is C30H30ClF2N7O3S. The molecule has 0 aliphatic carbocycles. The number of thiophene rings is 1. The van der Waals surface area contributed by atoms with Gasteiger partial charge in [-0.2, -0.15) is 15.2 Å². The first-order chi connectivity index (χ1) is 21.0. The molecule has 0 fully saturated rings. The molecule has 0 saturated heterocycles. The summed E-state index contributed by atoms with van der Waals surface area (Å²) in [7, 11) is 5.62. The third-order valence-electron chi connectivity index (χ3n) is 8.06. The fourth-order valence-corrected chi connectivity index (χ4v) is 7.23. The highest BCUT2D eigenvalue weighted by atomic mass is 35.5. The SMILES string of the molecule is CC1CCOc2c(Cl)c(-c3ccc(F)c4sc(N)c(C#N)c34)c(F)c3nc4nc(c23)N1CC(=O)N(C)CC(CN(C)C)CO4. The van der Waals surface area contributed by atoms with E-state index in [0.717, 1.165) is 11.3 Å². The number of nitrogens with two attached hydrogens (primary N) is 1. The number of nitrogens with zero attached hydrogens (tertiary/aromatic N) is 6. The average molecular weight is 642 g/mol. The second kappa shape index (κ2) is 11.5. The molecule has 2 bridgehead atoms. The van der Waals surface area contributed by atoms with Crippen molar-refractivity contribution in [2.24, 2.45) is 5.92 Å². The minimum Gasteiger partial charge on any atom is -0.491 e. The van der Waals surface area contributed by atoms with E-state index >= 15 is 4.39 Å². The summed E-state index contributed by atoms with van der Waals surface area (Å²) in [5.74, 6) is -1.25. The quantitative estimate of drug-likeness (QED) is 0.333. The molecule has 4 heterocycles. The average Bonchev–Trinajstić information content (AvgIpc) is 3.31. The van der Waals surface area contributed by atoms with Gasteiger partial charge in [0.1, 0.15) is 28.2 Å². The van der Waals surface area contributed by atoms with Gasteiger partial charge in [0, 0.05) is 49.5 Å². The number of likely N-dealkylation sites (N-methyl/N-ethyl adjacent to an activating group) is 1. The minimum atomic E-state index is -0.830. The van der Waals surface area contributed by atoms with Crippen LogP contribution in [0.1, 0.15) is 18.9 Å². The van der Waals surface area contributed by atoms with Crippen LogP contribution in [0.15, 0.2) is 12.1 Å². The lowest BCUT2D eigenvalue weighted by Crippen LogP contribution is -2.46. The molecule has 230 valence electrons. The standard InChI is InChI=1S/C30H30ClF2N7O3S/c1-14-7-8-42-26-22-25(24(33)21(23(26)31)16-5-6-18(32)27-20(16)17(9-34)28(35)44-27)36-30-37-29(22)40(14)12-19(41)39(4)11-15(13-43-30)10-38(2)3/h5-6,14-15H,7-8,10-13,35H2,1-4H3. The molecular weight excluding hydrogens is 612 g/mol. The number of nitriles is 1. The highest BCUT2D eigenvalue weighted by Gasteiger charge is 2.34. The van der Waals surface area contributed by atoms with Gasteiger partial charge in [-0.25, -0.2) is 8.78 Å². The Balaban J connectivity index is 1.66. The van der Waals surface area contributed by atoms with Crippen molar-refractivity contribution in [2.45, 2.75) is 19.4 Å². The number of nitrogen functional groups attached to an aromatic ring is 1. The van der Waals surface area contributed by atoms with Crippen LogP contribution in [-0.2, 0) is 4.79 Å². The summed E-state index contributed by atoms with van der Waals surface area (Å²) in [6, 6.07) is 4.29. The Morgan fingerprint density at radius 2 is 2.02 bits per heavy atom. The minimum absolute atomic E-state index is 0.0172. The summed E-state index contributed by atoms with van der Waals surface area (Å²) >= 11 is 7.87. The Morgan fingerprint density at radius 3 is 2.75 bits per heavy atom. The largest absolute Gasteiger partial charge is 0.491 e. The number of ether oxygens (including phenoxy) is 2. The molecule has 0 saturated carbocycles. The zero-order valence-corrected chi connectivity index (χ0v) is 26.2. The molecule has 14 heteroatoms. The second-order valence-electron chi connectivity index (χ2n) is 11.5. The van der Waals surface area contributed by atoms with Crippen LogP contribution in [0.4, 0.5) is 19.6 Å². The topological polar surface area (TPSA) is 121 Å². The van der Waals surface area contributed by atoms with Gasteiger partial charge in [0.05, 0.1) is 40.4 Å². The van der Waals surface area contributed by atoms with Gasteiger partial charge in [-0.05, 0) is 32.6 Å². The Labute approximate surface area is 261 Å². The summed E-state index contributed by atoms with van der Waals surface area (Å²) in [5, 5.41) is 10.2. The maximum Gasteiger partial charge on any atom is 0.319 e. The van der Waals surface area contributed by atoms with Crippen molar-refractivity contribution in [1.29, 1.82) is 5.26 Å². The lowest BCUT2D eigenvalue weighted by atomic mass is 9.96. The molecule has 2 aromatic heterocycles. The van der Waals surface area contributed by atoms with E-state index in [1.807, 2.05) is 36.9 Å². The van der Waals surface area contributed by atoms with Gasteiger partial charge in [-0.3, -0.25) is 4.79 Å². The molecule has 10 nitrogen and oxygen atoms in total. The van der Waals surface area contributed by atoms with Gasteiger partial charge in [0.2, 0.25) is 5.91 Å². The van der Waals surface area contributed by atoms with Crippen LogP contribution in [0, 0.1) is 28.9 Å². The lowest BCUT2D eigenvalue weighted by molar-refractivity contribution is -0.129. The first kappa shape index (κ1) is 30.1. The predicted molar refractivity (Wildman–Crippen MR) is 167 cm³/mol. The Bertz CT molecular complexity index is 1860. The van der Waals surface area contributed by atoms with Crippen LogP contribution in [0.5, 0.6) is 11.8 Å². The number of anilines is 2. The Morgan fingerprint density at radius 1 is 1.25 bits per heavy atom. The summed E-state index contributed by atoms with van der Waals surface area (Å²) in [6.45, 7) is 3.39. The number of amides is 1. The lowest BCUT2D eigenvalue weighted by Gasteiger charge is -2.34. The number of benzene rings is 2. The number of hydrogen-bond acceptors (Lipinski definition) is 10. The normalized spacial score (nSPS) is 19.0. The molecule has 2 N–H and O–H groups in total. The fourth-order valence-electron chi connectivity index (χ4n) is 5.94. The van der Waals surface area contributed by atoms with Crippen molar-refractivity contribution in [3.8, 4) is 29.0 Å². The maximum atomic E-state index is 17.0. The molecule has 0 radical (unpaired) electrons. The highest BCUT2D eigenvalue weighted by Crippen LogP contribution is 2.50. The molecule has 6 rings (SSSR count). The first-order valence-electron chi connectivity index (χ1n) is 14.0. The van der Waals surface area contributed by atoms with E-state index in [9.17, 15) is 14.4 Å². The smallest absolute Gasteiger partial charge is 0.319 e. The summed E-state index contributed by atoms with van der Waals surface area (Å²) < 4.78 is 44.2. The van der Waals surface area contributed by atoms with Crippen LogP contribution in [-0.4, -0.2) is 85.7 Å². The van der Waals surface area contributed by atoms with E-state index in [0.29, 0.717) is 19.5 Å². The van der Waals surface area contributed by atoms with Crippen molar-refractivity contribution < 1.29 is 23.0 Å². The number of halogens is 3. The van der Waals surface area contributed by atoms with Gasteiger partial charge in [0.25, 0.3) is 0 Å². The number of hydrogen-bond donors (Lipinski definition) is 1. The molecule has 2 aliphatic rings. The summed E-state index contributed by atoms with van der Waals surface area (Å²) in [6.07, 6.45) is 0.505. The molecule has 4 aromatic rings. The van der Waals surface area contributed by atoms with Crippen LogP contribution in [0.3, 0.4) is 0 Å². The van der Waals surface area contributed by atoms with Crippen LogP contribution < -0.4 is 20.1 Å². The Hall–Kier alpha value is -3.99. The first-order valence-corrected chi connectivity index (χ1v) is 15.2. The zero-order valence-electron chi connectivity index (χ0n) is 24.6. The van der Waals surface area contributed by atoms with Gasteiger partial charge in [-0.15, -0.1) is 11.3 Å². The van der Waals surface area contributed by atoms with Crippen LogP contribution in [0.25, 0.3) is 32.1 Å². The van der Waals surface area contributed by atoms with Crippen molar-refractivity contribution >= 4 is 60.7 Å². The third kappa shape index (κ3) is 5.00. The van der Waals surface area contributed by atoms with E-state index in [2.05, 4.69) is 4.98 Å². The van der Waals surface area contributed by atoms with E-state index < -0.39 is 11.6 Å². The van der Waals surface area contributed by atoms with Crippen molar-refractivity contribution in [1.82, 2.24) is 19.8 Å². The van der Waals surface area contributed by atoms with E-state index in [1.54, 1.807) is 11.9 Å². The summed E-state index contributed by atoms with van der Waals surface area (Å²) in [5.41, 5.74) is 6.01. The molecule has 1 amide bonds. The van der Waals surface area contributed by atoms with Crippen molar-refractivity contribution in [3.63, 3.8) is 0 Å². The summed E-state index contributed by atoms with van der Waals surface area (Å²) in [4.78, 5) is 28.2. The van der Waals surface area contributed by atoms with E-state index in [-0.39, 0.29) is 103 Å². The van der Waals surface area contributed by atoms with Gasteiger partial charge in [0.15, 0.2) is 11.6 Å². The molecule has 2 atom stereocenters. The zero-order chi connectivity index (χ0) is 31.4. The van der Waals surface area contributed by atoms with Crippen LogP contribution >= 0.6 is 22.9 Å². The van der Waals surface area contributed by atoms with Crippen LogP contribution in [0.2, 0.25) is 5.02 Å². The maximum absolute atomic E-state index is 17.0. The molecule has 0 spiro atoms. The van der Waals surface area contributed by atoms with Gasteiger partial charge >= 0.3 is 6.01 Å². The number of carbonyl (C=O) groups is 1. The Kier molecular flexibility index (Phi) is 7.85. The number of fused-ring (bicyclic) bond motifs is 2. The molecule has 44 heavy (non-hydrogen) atoms. The van der Waals surface area contributed by atoms with E-state index in [4.69, 9.17) is 31.8 Å². The highest BCUT2D eigenvalue weighted by molar-refractivity contribution is 7.23. The number of aromatic nitrogens is 2. The second-order valence-corrected chi connectivity index (χ2v) is 12.9. The monoisotopic (exact) mass is 641 g/mol. The van der Waals surface area contributed by atoms with E-state index in [1.165, 1.54) is 12.1 Å². The molecule has 2 aromatic carbocycles. The molecule has 2 aliphatic heterocycles. The van der Waals surface area contributed by atoms with Gasteiger partial charge in [-0.1, -0.05) is 17.7 Å². The van der Waals surface area contributed by atoms with Crippen molar-refractivity contribution in [2.75, 3.05) is 64.6 Å². The molecule has 2 unspecified atom stereocenters. The predicted octanol–water partition coefficient (Wildman–Crippen LogP) is 4.90. The fraction of sp³-hybridized carbons (Fsp3) is 0.400. The van der Waals surface area contributed by atoms with Gasteiger partial charge < -0.3 is 29.9 Å².